The Morgan fingerprint density at radius 1 is 1.03 bits per heavy atom. The third-order valence-electron chi connectivity index (χ3n) is 5.33. The molecule has 1 aliphatic carbocycles. The van der Waals surface area contributed by atoms with E-state index in [4.69, 9.17) is 9.47 Å². The highest BCUT2D eigenvalue weighted by Crippen LogP contribution is 2.33. The molecule has 1 aromatic heterocycles. The molecular formula is C26H26N2O3. The number of hydrogen-bond acceptors (Lipinski definition) is 3. The molecule has 5 nitrogen and oxygen atoms in total. The van der Waals surface area contributed by atoms with Gasteiger partial charge in [-0.3, -0.25) is 5.32 Å². The summed E-state index contributed by atoms with van der Waals surface area (Å²) in [5, 5.41) is 3.89. The van der Waals surface area contributed by atoms with Crippen molar-refractivity contribution in [3.63, 3.8) is 0 Å². The van der Waals surface area contributed by atoms with Crippen LogP contribution in [0.3, 0.4) is 0 Å². The van der Waals surface area contributed by atoms with Gasteiger partial charge in [-0.2, -0.15) is 0 Å². The van der Waals surface area contributed by atoms with Crippen molar-refractivity contribution in [1.29, 1.82) is 0 Å². The lowest BCUT2D eigenvalue weighted by Gasteiger charge is -2.14. The lowest BCUT2D eigenvalue weighted by Crippen LogP contribution is -2.10. The first-order chi connectivity index (χ1) is 15.2. The van der Waals surface area contributed by atoms with Crippen molar-refractivity contribution in [2.75, 3.05) is 19.5 Å². The Balaban J connectivity index is 1.81. The molecule has 0 bridgehead atoms. The van der Waals surface area contributed by atoms with E-state index in [9.17, 15) is 4.79 Å². The van der Waals surface area contributed by atoms with Gasteiger partial charge in [0.25, 0.3) is 0 Å². The Kier molecular flexibility index (Phi) is 6.22. The van der Waals surface area contributed by atoms with Crippen molar-refractivity contribution in [3.05, 3.63) is 84.5 Å². The van der Waals surface area contributed by atoms with E-state index in [1.807, 2.05) is 24.3 Å². The maximum absolute atomic E-state index is 11.7. The third kappa shape index (κ3) is 4.72. The summed E-state index contributed by atoms with van der Waals surface area (Å²) in [6.45, 7) is 0.741. The van der Waals surface area contributed by atoms with Gasteiger partial charge < -0.3 is 14.0 Å². The minimum atomic E-state index is -0.486. The van der Waals surface area contributed by atoms with Crippen LogP contribution in [0.2, 0.25) is 0 Å². The minimum absolute atomic E-state index is 0.486. The smallest absolute Gasteiger partial charge is 0.411 e. The van der Waals surface area contributed by atoms with Crippen LogP contribution >= 0.6 is 0 Å². The molecule has 4 rings (SSSR count). The number of hydrogen-bond donors (Lipinski definition) is 1. The van der Waals surface area contributed by atoms with Crippen LogP contribution in [0.25, 0.3) is 22.2 Å². The van der Waals surface area contributed by atoms with Crippen molar-refractivity contribution in [1.82, 2.24) is 4.57 Å². The van der Waals surface area contributed by atoms with Gasteiger partial charge >= 0.3 is 6.09 Å². The van der Waals surface area contributed by atoms with Gasteiger partial charge in [0.1, 0.15) is 5.75 Å². The number of amides is 1. The van der Waals surface area contributed by atoms with Crippen molar-refractivity contribution in [2.24, 2.45) is 0 Å². The Labute approximate surface area is 182 Å². The summed E-state index contributed by atoms with van der Waals surface area (Å²) in [6, 6.07) is 16.1. The molecule has 1 N–H and O–H groups in total. The minimum Gasteiger partial charge on any atom is -0.497 e. The fraction of sp³-hybridized carbons (Fsp3) is 0.192. The van der Waals surface area contributed by atoms with Crippen molar-refractivity contribution >= 4 is 22.7 Å². The van der Waals surface area contributed by atoms with Crippen LogP contribution in [0.1, 0.15) is 12.8 Å². The summed E-state index contributed by atoms with van der Waals surface area (Å²) in [5.74, 6) is 0.824. The van der Waals surface area contributed by atoms with Crippen molar-refractivity contribution in [3.8, 4) is 17.0 Å². The zero-order valence-electron chi connectivity index (χ0n) is 17.8. The van der Waals surface area contributed by atoms with Crippen LogP contribution in [0.4, 0.5) is 10.5 Å². The van der Waals surface area contributed by atoms with Gasteiger partial charge in [-0.15, -0.1) is 0 Å². The fourth-order valence-electron chi connectivity index (χ4n) is 3.77. The van der Waals surface area contributed by atoms with Crippen LogP contribution < -0.4 is 10.1 Å². The Morgan fingerprint density at radius 2 is 1.90 bits per heavy atom. The quantitative estimate of drug-likeness (QED) is 0.497. The van der Waals surface area contributed by atoms with Gasteiger partial charge in [0.2, 0.25) is 0 Å². The van der Waals surface area contributed by atoms with Crippen molar-refractivity contribution < 1.29 is 14.3 Å². The highest BCUT2D eigenvalue weighted by Gasteiger charge is 2.14. The molecule has 0 atom stereocenters. The van der Waals surface area contributed by atoms with Gasteiger partial charge in [-0.05, 0) is 48.7 Å². The van der Waals surface area contributed by atoms with Crippen molar-refractivity contribution in [2.45, 2.75) is 19.4 Å². The molecule has 158 valence electrons. The maximum Gasteiger partial charge on any atom is 0.411 e. The molecule has 31 heavy (non-hydrogen) atoms. The second kappa shape index (κ2) is 9.39. The second-order valence-electron chi connectivity index (χ2n) is 7.36. The summed E-state index contributed by atoms with van der Waals surface area (Å²) < 4.78 is 12.5. The average molecular weight is 415 g/mol. The van der Waals surface area contributed by atoms with Crippen LogP contribution in [0, 0.1) is 0 Å². The zero-order chi connectivity index (χ0) is 21.6. The van der Waals surface area contributed by atoms with Crippen LogP contribution in [-0.2, 0) is 11.3 Å². The van der Waals surface area contributed by atoms with E-state index in [0.717, 1.165) is 47.3 Å². The first kappa shape index (κ1) is 20.5. The number of aromatic nitrogens is 1. The Morgan fingerprint density at radius 3 is 2.74 bits per heavy atom. The van der Waals surface area contributed by atoms with Gasteiger partial charge in [0.05, 0.1) is 19.7 Å². The summed E-state index contributed by atoms with van der Waals surface area (Å²) in [5.41, 5.74) is 5.14. The predicted molar refractivity (Wildman–Crippen MR) is 126 cm³/mol. The lowest BCUT2D eigenvalue weighted by atomic mass is 10.1. The molecule has 1 aliphatic rings. The van der Waals surface area contributed by atoms with E-state index in [1.54, 1.807) is 7.11 Å². The molecule has 0 fully saturated rings. The summed E-state index contributed by atoms with van der Waals surface area (Å²) >= 11 is 0. The van der Waals surface area contributed by atoms with E-state index >= 15 is 0 Å². The molecule has 0 saturated heterocycles. The molecule has 1 heterocycles. The zero-order valence-corrected chi connectivity index (χ0v) is 17.8. The van der Waals surface area contributed by atoms with Gasteiger partial charge in [0.15, 0.2) is 0 Å². The standard InChI is InChI=1S/C26H26N2O3/c1-30-23-14-13-21-16-24(20-11-8-12-22(15-20)27-26(29)31-2)28(25(21)17-23)18-19-9-6-4-3-5-7-10-19/h3-4,7-17H,5-6,18H2,1-2H3,(H,27,29)/b4-3-,10-7?,19-9+. The summed E-state index contributed by atoms with van der Waals surface area (Å²) in [7, 11) is 3.04. The number of methoxy groups -OCH3 is 2. The predicted octanol–water partition coefficient (Wildman–Crippen LogP) is 6.33. The number of fused-ring (bicyclic) bond motifs is 1. The summed E-state index contributed by atoms with van der Waals surface area (Å²) in [4.78, 5) is 11.7. The van der Waals surface area contributed by atoms with E-state index in [0.29, 0.717) is 5.69 Å². The van der Waals surface area contributed by atoms with Gasteiger partial charge in [-0.25, -0.2) is 4.79 Å². The molecule has 0 spiro atoms. The van der Waals surface area contributed by atoms with Gasteiger partial charge in [0, 0.05) is 34.9 Å². The number of nitrogens with zero attached hydrogens (tertiary/aromatic N) is 1. The highest BCUT2D eigenvalue weighted by atomic mass is 16.5. The highest BCUT2D eigenvalue weighted by molar-refractivity contribution is 5.90. The summed E-state index contributed by atoms with van der Waals surface area (Å²) in [6.07, 6.45) is 12.4. The molecule has 0 radical (unpaired) electrons. The van der Waals surface area contributed by atoms with Crippen LogP contribution in [0.5, 0.6) is 5.75 Å². The van der Waals surface area contributed by atoms with E-state index < -0.39 is 6.09 Å². The van der Waals surface area contributed by atoms with Gasteiger partial charge in [-0.1, -0.05) is 42.5 Å². The molecule has 5 heteroatoms. The SMILES string of the molecule is COC(=O)Nc1cccc(-c2cc3ccc(OC)cc3n2C/C2=C/C/C=C\CC=C2)c1. The van der Waals surface area contributed by atoms with Crippen LogP contribution in [0.15, 0.2) is 84.5 Å². The number of carbonyl (C=O) groups excluding carboxylic acids is 1. The van der Waals surface area contributed by atoms with E-state index in [1.165, 1.54) is 12.7 Å². The number of allylic oxidation sites excluding steroid dienone is 6. The largest absolute Gasteiger partial charge is 0.497 e. The monoisotopic (exact) mass is 414 g/mol. The third-order valence-corrected chi connectivity index (χ3v) is 5.33. The fourth-order valence-corrected chi connectivity index (χ4v) is 3.77. The van der Waals surface area contributed by atoms with Crippen LogP contribution in [-0.4, -0.2) is 24.9 Å². The molecule has 1 amide bonds. The normalized spacial score (nSPS) is 16.1. The number of rotatable bonds is 5. The lowest BCUT2D eigenvalue weighted by molar-refractivity contribution is 0.187. The molecule has 0 unspecified atom stereocenters. The average Bonchev–Trinajstić information content (AvgIpc) is 3.13. The Bertz CT molecular complexity index is 1180. The number of ether oxygens (including phenoxy) is 2. The van der Waals surface area contributed by atoms with E-state index in [-0.39, 0.29) is 0 Å². The molecule has 2 aromatic carbocycles. The first-order valence-electron chi connectivity index (χ1n) is 10.3. The first-order valence-corrected chi connectivity index (χ1v) is 10.3. The molecule has 0 aliphatic heterocycles. The number of nitrogens with one attached hydrogen (secondary N) is 1. The molecule has 3 aromatic rings. The second-order valence-corrected chi connectivity index (χ2v) is 7.36. The number of benzene rings is 2. The Hall–Kier alpha value is -3.73. The van der Waals surface area contributed by atoms with E-state index in [2.05, 4.69) is 64.5 Å². The number of anilines is 1. The molecule has 0 saturated carbocycles. The topological polar surface area (TPSA) is 52.5 Å². The molecular weight excluding hydrogens is 388 g/mol. The maximum atomic E-state index is 11.7. The number of carbonyl (C=O) groups is 1.